The van der Waals surface area contributed by atoms with Crippen molar-refractivity contribution in [2.45, 2.75) is 13.8 Å². The van der Waals surface area contributed by atoms with Gasteiger partial charge in [-0.1, -0.05) is 0 Å². The van der Waals surface area contributed by atoms with Crippen molar-refractivity contribution in [2.24, 2.45) is 0 Å². The normalized spacial score (nSPS) is 13.1. The molecule has 0 radical (unpaired) electrons. The highest BCUT2D eigenvalue weighted by Gasteiger charge is 2.41. The molecule has 6 rings (SSSR count). The first-order valence-electron chi connectivity index (χ1n) is 13.4. The molecule has 2 aliphatic carbocycles. The lowest BCUT2D eigenvalue weighted by Crippen LogP contribution is -2.24. The van der Waals surface area contributed by atoms with E-state index in [0.717, 1.165) is 0 Å². The highest BCUT2D eigenvalue weighted by molar-refractivity contribution is 6.33. The summed E-state index contributed by atoms with van der Waals surface area (Å²) in [5.41, 5.74) is 0.815. The number of carbonyl (C=O) groups excluding carboxylic acids is 4. The Kier molecular flexibility index (Phi) is 6.46. The third-order valence-electron chi connectivity index (χ3n) is 8.00. The number of hydrogen-bond acceptors (Lipinski definition) is 10. The molecule has 0 saturated heterocycles. The highest BCUT2D eigenvalue weighted by Crippen LogP contribution is 2.54. The van der Waals surface area contributed by atoms with Crippen LogP contribution in [0.5, 0.6) is 34.5 Å². The van der Waals surface area contributed by atoms with Gasteiger partial charge in [0.05, 0.1) is 61.8 Å². The molecule has 0 spiro atoms. The summed E-state index contributed by atoms with van der Waals surface area (Å²) in [4.78, 5) is 55.3. The first-order valence-corrected chi connectivity index (χ1v) is 13.4. The fraction of sp³-hybridized carbons (Fsp3) is 0.176. The van der Waals surface area contributed by atoms with Gasteiger partial charge in [0.1, 0.15) is 34.5 Å². The second-order valence-electron chi connectivity index (χ2n) is 10.5. The molecule has 222 valence electrons. The van der Waals surface area contributed by atoms with Crippen molar-refractivity contribution in [1.82, 2.24) is 0 Å². The van der Waals surface area contributed by atoms with Crippen LogP contribution in [0.1, 0.15) is 74.8 Å². The molecule has 0 fully saturated rings. The van der Waals surface area contributed by atoms with E-state index in [-0.39, 0.29) is 90.1 Å². The minimum Gasteiger partial charge on any atom is -0.507 e. The van der Waals surface area contributed by atoms with Crippen LogP contribution in [-0.2, 0) is 0 Å². The third-order valence-corrected chi connectivity index (χ3v) is 8.00. The third kappa shape index (κ3) is 3.73. The molecule has 10 heteroatoms. The molecule has 10 nitrogen and oxygen atoms in total. The molecule has 0 aromatic heterocycles. The SMILES string of the molecule is COc1cc2c(c(OC)c1-c1c(OC)cc3c(c1OC)C(=O)c1c(O)cc(C)cc1C3=O)C(=O)c1c(O)cc(C)cc1C2=O. The number of phenols is 2. The number of aryl methyl sites for hydroxylation is 2. The quantitative estimate of drug-likeness (QED) is 0.281. The van der Waals surface area contributed by atoms with Gasteiger partial charge >= 0.3 is 0 Å². The number of ketones is 4. The monoisotopic (exact) mass is 594 g/mol. The Labute approximate surface area is 251 Å². The molecular weight excluding hydrogens is 568 g/mol. The number of benzene rings is 4. The summed E-state index contributed by atoms with van der Waals surface area (Å²) >= 11 is 0. The van der Waals surface area contributed by atoms with Crippen molar-refractivity contribution in [2.75, 3.05) is 28.4 Å². The molecule has 0 atom stereocenters. The number of methoxy groups -OCH3 is 4. The summed E-state index contributed by atoms with van der Waals surface area (Å²) < 4.78 is 23.0. The van der Waals surface area contributed by atoms with Crippen molar-refractivity contribution in [3.63, 3.8) is 0 Å². The zero-order chi connectivity index (χ0) is 31.8. The molecular formula is C34H26O10. The Morgan fingerprint density at radius 2 is 0.773 bits per heavy atom. The molecule has 44 heavy (non-hydrogen) atoms. The first kappa shape index (κ1) is 28.5. The van der Waals surface area contributed by atoms with Gasteiger partial charge in [-0.2, -0.15) is 0 Å². The molecule has 0 aliphatic heterocycles. The van der Waals surface area contributed by atoms with Gasteiger partial charge in [-0.15, -0.1) is 0 Å². The fourth-order valence-corrected chi connectivity index (χ4v) is 6.19. The van der Waals surface area contributed by atoms with Gasteiger partial charge in [0.2, 0.25) is 11.6 Å². The summed E-state index contributed by atoms with van der Waals surface area (Å²) in [5.74, 6) is -3.14. The average molecular weight is 595 g/mol. The number of fused-ring (bicyclic) bond motifs is 4. The molecule has 0 saturated carbocycles. The number of phenolic OH excluding ortho intramolecular Hbond substituents is 2. The van der Waals surface area contributed by atoms with E-state index < -0.39 is 23.1 Å². The Morgan fingerprint density at radius 3 is 1.09 bits per heavy atom. The highest BCUT2D eigenvalue weighted by atomic mass is 16.5. The summed E-state index contributed by atoms with van der Waals surface area (Å²) in [6, 6.07) is 8.59. The molecule has 0 unspecified atom stereocenters. The number of rotatable bonds is 5. The van der Waals surface area contributed by atoms with Crippen LogP contribution in [0.15, 0.2) is 36.4 Å². The number of carbonyl (C=O) groups is 4. The van der Waals surface area contributed by atoms with Gasteiger partial charge < -0.3 is 29.2 Å². The van der Waals surface area contributed by atoms with E-state index in [0.29, 0.717) is 11.1 Å². The van der Waals surface area contributed by atoms with Gasteiger partial charge in [-0.25, -0.2) is 0 Å². The van der Waals surface area contributed by atoms with Crippen molar-refractivity contribution >= 4 is 23.1 Å². The molecule has 0 amide bonds. The van der Waals surface area contributed by atoms with Crippen LogP contribution in [0, 0.1) is 13.8 Å². The van der Waals surface area contributed by atoms with Crippen LogP contribution < -0.4 is 18.9 Å². The molecule has 0 heterocycles. The first-order chi connectivity index (χ1) is 21.0. The van der Waals surface area contributed by atoms with E-state index in [1.807, 2.05) is 0 Å². The zero-order valence-electron chi connectivity index (χ0n) is 24.6. The molecule has 0 bridgehead atoms. The van der Waals surface area contributed by atoms with Crippen LogP contribution in [0.3, 0.4) is 0 Å². The van der Waals surface area contributed by atoms with Gasteiger partial charge in [0, 0.05) is 22.3 Å². The molecule has 2 aliphatic rings. The van der Waals surface area contributed by atoms with Crippen LogP contribution in [-0.4, -0.2) is 61.8 Å². The van der Waals surface area contributed by atoms with E-state index in [9.17, 15) is 29.4 Å². The van der Waals surface area contributed by atoms with Crippen LogP contribution >= 0.6 is 0 Å². The minimum atomic E-state index is -0.663. The maximum Gasteiger partial charge on any atom is 0.202 e. The van der Waals surface area contributed by atoms with Gasteiger partial charge in [0.15, 0.2) is 11.6 Å². The Bertz CT molecular complexity index is 1870. The fourth-order valence-electron chi connectivity index (χ4n) is 6.19. The van der Waals surface area contributed by atoms with Gasteiger partial charge in [-0.3, -0.25) is 19.2 Å². The van der Waals surface area contributed by atoms with E-state index in [4.69, 9.17) is 18.9 Å². The second-order valence-corrected chi connectivity index (χ2v) is 10.5. The van der Waals surface area contributed by atoms with Gasteiger partial charge in [0.25, 0.3) is 0 Å². The van der Waals surface area contributed by atoms with Crippen LogP contribution in [0.25, 0.3) is 11.1 Å². The lowest BCUT2D eigenvalue weighted by Gasteiger charge is -2.27. The average Bonchev–Trinajstić information content (AvgIpc) is 2.99. The Morgan fingerprint density at radius 1 is 0.432 bits per heavy atom. The molecule has 4 aromatic rings. The van der Waals surface area contributed by atoms with Crippen LogP contribution in [0.2, 0.25) is 0 Å². The molecule has 4 aromatic carbocycles. The van der Waals surface area contributed by atoms with Crippen molar-refractivity contribution in [1.29, 1.82) is 0 Å². The van der Waals surface area contributed by atoms with E-state index in [1.54, 1.807) is 13.8 Å². The summed E-state index contributed by atoms with van der Waals surface area (Å²) in [7, 11) is 5.30. The van der Waals surface area contributed by atoms with E-state index >= 15 is 0 Å². The van der Waals surface area contributed by atoms with Gasteiger partial charge in [-0.05, 0) is 61.4 Å². The van der Waals surface area contributed by atoms with E-state index in [1.165, 1.54) is 64.8 Å². The smallest absolute Gasteiger partial charge is 0.202 e. The lowest BCUT2D eigenvalue weighted by atomic mass is 9.78. The minimum absolute atomic E-state index is 0.0127. The number of ether oxygens (including phenoxy) is 4. The van der Waals surface area contributed by atoms with Crippen LogP contribution in [0.4, 0.5) is 0 Å². The van der Waals surface area contributed by atoms with Crippen molar-refractivity contribution in [3.8, 4) is 45.6 Å². The zero-order valence-corrected chi connectivity index (χ0v) is 24.6. The number of hydrogen-bond donors (Lipinski definition) is 2. The summed E-state index contributed by atoms with van der Waals surface area (Å²) in [6.07, 6.45) is 0. The topological polar surface area (TPSA) is 146 Å². The maximum absolute atomic E-state index is 14.0. The summed E-state index contributed by atoms with van der Waals surface area (Å²) in [5, 5.41) is 21.4. The summed E-state index contributed by atoms with van der Waals surface area (Å²) in [6.45, 7) is 3.38. The predicted molar refractivity (Wildman–Crippen MR) is 158 cm³/mol. The lowest BCUT2D eigenvalue weighted by molar-refractivity contribution is 0.0973. The Hall–Kier alpha value is -5.64. The number of aromatic hydroxyl groups is 2. The standard InChI is InChI=1S/C34H26O10/c1-13-7-15-23(19(35)9-13)31(39)25-17(29(15)37)11-21(41-3)27(33(25)43-5)28-22(42-4)12-18-26(34(28)44-6)32(40)24-16(30(18)38)8-14(2)10-20(24)36/h7-12,35-36H,1-6H3. The second kappa shape index (κ2) is 9.98. The Balaban J connectivity index is 1.71. The molecule has 2 N–H and O–H groups in total. The van der Waals surface area contributed by atoms with E-state index in [2.05, 4.69) is 0 Å². The predicted octanol–water partition coefficient (Wildman–Crippen LogP) is 4.97. The van der Waals surface area contributed by atoms with Crippen molar-refractivity contribution in [3.05, 3.63) is 92.0 Å². The maximum atomic E-state index is 14.0. The largest absolute Gasteiger partial charge is 0.507 e. The van der Waals surface area contributed by atoms with Crippen molar-refractivity contribution < 1.29 is 48.3 Å².